The molecule has 0 bridgehead atoms. The molecule has 74 valence electrons. The summed E-state index contributed by atoms with van der Waals surface area (Å²) in [4.78, 5) is 29.8. The molecule has 0 unspecified atom stereocenters. The van der Waals surface area contributed by atoms with Gasteiger partial charge in [-0.1, -0.05) is 0 Å². The Morgan fingerprint density at radius 3 is 2.67 bits per heavy atom. The number of Topliss-reactive ketones (excluding diaryl/α,β-unsaturated/α-hetero) is 1. The number of pyridine rings is 2. The van der Waals surface area contributed by atoms with Crippen LogP contribution in [0.5, 0.6) is 0 Å². The number of hydrogen-bond acceptors (Lipinski definition) is 4. The highest BCUT2D eigenvalue weighted by molar-refractivity contribution is 6.41. The molecule has 2 heterocycles. The predicted octanol–water partition coefficient (Wildman–Crippen LogP) is 0.897. The molecular formula is C10H6N2O3. The Morgan fingerprint density at radius 2 is 1.93 bits per heavy atom. The number of carbonyl (C=O) groups excluding carboxylic acids is 1. The number of carboxylic acid groups (broad SMARTS) is 1. The second-order valence-electron chi connectivity index (χ2n) is 2.86. The third kappa shape index (κ3) is 1.54. The maximum absolute atomic E-state index is 11.3. The number of nitrogens with zero attached hydrogens (tertiary/aromatic N) is 2. The largest absolute Gasteiger partial charge is 0.475 e. The normalized spacial score (nSPS) is 10.1. The van der Waals surface area contributed by atoms with Gasteiger partial charge in [-0.15, -0.1) is 0 Å². The molecule has 0 aliphatic rings. The quantitative estimate of drug-likeness (QED) is 0.578. The van der Waals surface area contributed by atoms with Crippen molar-refractivity contribution in [1.29, 1.82) is 0 Å². The Hall–Kier alpha value is -2.30. The zero-order valence-electron chi connectivity index (χ0n) is 7.54. The zero-order chi connectivity index (χ0) is 10.8. The summed E-state index contributed by atoms with van der Waals surface area (Å²) in [5, 5.41) is 8.60. The summed E-state index contributed by atoms with van der Waals surface area (Å²) in [7, 11) is 0. The Balaban J connectivity index is 2.71. The number of carboxylic acids is 1. The molecule has 0 aromatic carbocycles. The fourth-order valence-corrected chi connectivity index (χ4v) is 1.28. The lowest BCUT2D eigenvalue weighted by Crippen LogP contribution is -2.13. The molecule has 5 nitrogen and oxygen atoms in total. The van der Waals surface area contributed by atoms with Gasteiger partial charge >= 0.3 is 5.97 Å². The zero-order valence-corrected chi connectivity index (χ0v) is 7.54. The third-order valence-corrected chi connectivity index (χ3v) is 1.94. The van der Waals surface area contributed by atoms with Crippen molar-refractivity contribution in [2.75, 3.05) is 0 Å². The topological polar surface area (TPSA) is 80.1 Å². The van der Waals surface area contributed by atoms with E-state index in [1.807, 2.05) is 0 Å². The van der Waals surface area contributed by atoms with E-state index >= 15 is 0 Å². The van der Waals surface area contributed by atoms with Gasteiger partial charge in [-0.3, -0.25) is 14.8 Å². The van der Waals surface area contributed by atoms with E-state index in [0.29, 0.717) is 11.0 Å². The minimum atomic E-state index is -1.49. The standard InChI is InChI=1S/C10H6N2O3/c13-9(10(14)15)6-3-5-11-7-2-1-4-12-8(6)7/h1-5H,(H,14,15). The first-order chi connectivity index (χ1) is 7.20. The lowest BCUT2D eigenvalue weighted by Gasteiger charge is -2.00. The minimum absolute atomic E-state index is 0.0631. The van der Waals surface area contributed by atoms with Crippen LogP contribution in [0, 0.1) is 0 Å². The summed E-state index contributed by atoms with van der Waals surface area (Å²) in [5.74, 6) is -2.46. The van der Waals surface area contributed by atoms with Gasteiger partial charge in [0.2, 0.25) is 0 Å². The molecule has 0 fully saturated rings. The Bertz CT molecular complexity index is 546. The van der Waals surface area contributed by atoms with Gasteiger partial charge in [-0.25, -0.2) is 4.79 Å². The van der Waals surface area contributed by atoms with E-state index in [9.17, 15) is 9.59 Å². The maximum atomic E-state index is 11.3. The number of ketones is 1. The SMILES string of the molecule is O=C(O)C(=O)c1ccnc2cccnc12. The molecule has 0 aliphatic heterocycles. The first-order valence-corrected chi connectivity index (χ1v) is 4.17. The molecule has 0 spiro atoms. The summed E-state index contributed by atoms with van der Waals surface area (Å²) in [5.41, 5.74) is 0.880. The van der Waals surface area contributed by atoms with Crippen molar-refractivity contribution in [3.63, 3.8) is 0 Å². The van der Waals surface area contributed by atoms with E-state index in [1.54, 1.807) is 12.1 Å². The number of hydrogen-bond donors (Lipinski definition) is 1. The molecule has 15 heavy (non-hydrogen) atoms. The van der Waals surface area contributed by atoms with Crippen molar-refractivity contribution < 1.29 is 14.7 Å². The maximum Gasteiger partial charge on any atom is 0.377 e. The van der Waals surface area contributed by atoms with Crippen molar-refractivity contribution in [3.05, 3.63) is 36.2 Å². The summed E-state index contributed by atoms with van der Waals surface area (Å²) in [6.07, 6.45) is 2.88. The number of fused-ring (bicyclic) bond motifs is 1. The van der Waals surface area contributed by atoms with E-state index in [4.69, 9.17) is 5.11 Å². The molecule has 5 heteroatoms. The summed E-state index contributed by atoms with van der Waals surface area (Å²) >= 11 is 0. The van der Waals surface area contributed by atoms with Gasteiger partial charge in [0.15, 0.2) is 0 Å². The average Bonchev–Trinajstić information content (AvgIpc) is 2.27. The van der Waals surface area contributed by atoms with E-state index in [0.717, 1.165) is 0 Å². The van der Waals surface area contributed by atoms with Gasteiger partial charge in [-0.2, -0.15) is 0 Å². The highest BCUT2D eigenvalue weighted by atomic mass is 16.4. The average molecular weight is 202 g/mol. The van der Waals surface area contributed by atoms with E-state index in [2.05, 4.69) is 9.97 Å². The fourth-order valence-electron chi connectivity index (χ4n) is 1.28. The number of aromatic nitrogens is 2. The molecule has 2 aromatic heterocycles. The van der Waals surface area contributed by atoms with Gasteiger partial charge in [0, 0.05) is 12.4 Å². The van der Waals surface area contributed by atoms with Gasteiger partial charge in [-0.05, 0) is 18.2 Å². The fraction of sp³-hybridized carbons (Fsp3) is 0. The first kappa shape index (κ1) is 9.26. The van der Waals surface area contributed by atoms with Crippen LogP contribution in [0.2, 0.25) is 0 Å². The van der Waals surface area contributed by atoms with Crippen LogP contribution in [0.1, 0.15) is 10.4 Å². The minimum Gasteiger partial charge on any atom is -0.475 e. The van der Waals surface area contributed by atoms with Crippen molar-refractivity contribution in [2.24, 2.45) is 0 Å². The molecule has 0 atom stereocenters. The number of rotatable bonds is 2. The van der Waals surface area contributed by atoms with Crippen molar-refractivity contribution in [1.82, 2.24) is 9.97 Å². The van der Waals surface area contributed by atoms with Gasteiger partial charge in [0.25, 0.3) is 5.78 Å². The van der Waals surface area contributed by atoms with E-state index in [1.165, 1.54) is 18.5 Å². The van der Waals surface area contributed by atoms with Crippen molar-refractivity contribution in [2.45, 2.75) is 0 Å². The van der Waals surface area contributed by atoms with Crippen LogP contribution in [0.25, 0.3) is 11.0 Å². The predicted molar refractivity (Wildman–Crippen MR) is 51.5 cm³/mol. The number of carbonyl (C=O) groups is 2. The van der Waals surface area contributed by atoms with E-state index < -0.39 is 11.8 Å². The van der Waals surface area contributed by atoms with Gasteiger partial charge in [0.1, 0.15) is 5.52 Å². The monoisotopic (exact) mass is 202 g/mol. The molecule has 0 amide bonds. The van der Waals surface area contributed by atoms with Crippen LogP contribution in [0.3, 0.4) is 0 Å². The summed E-state index contributed by atoms with van der Waals surface area (Å²) < 4.78 is 0. The molecule has 2 rings (SSSR count). The highest BCUT2D eigenvalue weighted by Crippen LogP contribution is 2.13. The second-order valence-corrected chi connectivity index (χ2v) is 2.86. The van der Waals surface area contributed by atoms with Gasteiger partial charge < -0.3 is 5.11 Å². The first-order valence-electron chi connectivity index (χ1n) is 4.17. The second kappa shape index (κ2) is 3.45. The molecule has 0 saturated carbocycles. The number of aliphatic carboxylic acids is 1. The third-order valence-electron chi connectivity index (χ3n) is 1.94. The summed E-state index contributed by atoms with van der Waals surface area (Å²) in [6, 6.07) is 4.69. The smallest absolute Gasteiger partial charge is 0.377 e. The van der Waals surface area contributed by atoms with Crippen LogP contribution < -0.4 is 0 Å². The molecule has 0 saturated heterocycles. The molecular weight excluding hydrogens is 196 g/mol. The van der Waals surface area contributed by atoms with Crippen molar-refractivity contribution in [3.8, 4) is 0 Å². The van der Waals surface area contributed by atoms with Crippen LogP contribution in [-0.4, -0.2) is 26.8 Å². The lowest BCUT2D eigenvalue weighted by atomic mass is 10.1. The van der Waals surface area contributed by atoms with Crippen molar-refractivity contribution >= 4 is 22.8 Å². The van der Waals surface area contributed by atoms with E-state index in [-0.39, 0.29) is 5.56 Å². The Morgan fingerprint density at radius 1 is 1.13 bits per heavy atom. The molecule has 0 aliphatic carbocycles. The molecule has 2 aromatic rings. The Labute approximate surface area is 84.4 Å². The highest BCUT2D eigenvalue weighted by Gasteiger charge is 2.17. The summed E-state index contributed by atoms with van der Waals surface area (Å²) in [6.45, 7) is 0. The molecule has 1 N–H and O–H groups in total. The van der Waals surface area contributed by atoms with Crippen LogP contribution in [-0.2, 0) is 4.79 Å². The lowest BCUT2D eigenvalue weighted by molar-refractivity contribution is -0.131. The Kier molecular flexibility index (Phi) is 2.13. The molecule has 0 radical (unpaired) electrons. The van der Waals surface area contributed by atoms with Gasteiger partial charge in [0.05, 0.1) is 11.1 Å². The van der Waals surface area contributed by atoms with Crippen LogP contribution in [0.4, 0.5) is 0 Å². The van der Waals surface area contributed by atoms with Crippen LogP contribution >= 0.6 is 0 Å². The van der Waals surface area contributed by atoms with Crippen LogP contribution in [0.15, 0.2) is 30.6 Å².